The molecule has 2 aromatic carbocycles. The van der Waals surface area contributed by atoms with Crippen LogP contribution in [0.25, 0.3) is 11.4 Å². The first kappa shape index (κ1) is 19.0. The average Bonchev–Trinajstić information content (AvgIpc) is 3.08. The second-order valence-electron chi connectivity index (χ2n) is 7.17. The van der Waals surface area contributed by atoms with Gasteiger partial charge in [0.15, 0.2) is 0 Å². The van der Waals surface area contributed by atoms with E-state index in [1.165, 1.54) is 4.80 Å². The molecular formula is C20H22ClN5O. The number of nitrogens with one attached hydrogen (secondary N) is 1. The largest absolute Gasteiger partial charge is 0.351 e. The number of carbonyl (C=O) groups excluding carboxylic acids is 1. The summed E-state index contributed by atoms with van der Waals surface area (Å²) < 4.78 is 0. The minimum Gasteiger partial charge on any atom is -0.351 e. The van der Waals surface area contributed by atoms with Crippen molar-refractivity contribution in [3.63, 3.8) is 0 Å². The smallest absolute Gasteiger partial charge is 0.227 e. The zero-order chi connectivity index (χ0) is 19.4. The van der Waals surface area contributed by atoms with Gasteiger partial charge in [0.05, 0.1) is 12.0 Å². The first-order valence-electron chi connectivity index (χ1n) is 8.72. The van der Waals surface area contributed by atoms with E-state index in [0.29, 0.717) is 23.9 Å². The molecule has 0 spiro atoms. The van der Waals surface area contributed by atoms with Gasteiger partial charge in [-0.1, -0.05) is 53.6 Å². The Labute approximate surface area is 163 Å². The van der Waals surface area contributed by atoms with Crippen LogP contribution in [-0.2, 0) is 17.9 Å². The molecule has 3 aromatic rings. The van der Waals surface area contributed by atoms with Crippen molar-refractivity contribution in [1.82, 2.24) is 25.5 Å². The van der Waals surface area contributed by atoms with Crippen molar-refractivity contribution in [1.29, 1.82) is 0 Å². The molecule has 3 rings (SSSR count). The summed E-state index contributed by atoms with van der Waals surface area (Å²) in [5.74, 6) is 0.447. The van der Waals surface area contributed by atoms with Crippen molar-refractivity contribution in [3.8, 4) is 11.4 Å². The van der Waals surface area contributed by atoms with Crippen molar-refractivity contribution < 1.29 is 4.79 Å². The Bertz CT molecular complexity index is 951. The van der Waals surface area contributed by atoms with Gasteiger partial charge >= 0.3 is 0 Å². The summed E-state index contributed by atoms with van der Waals surface area (Å²) in [6.07, 6.45) is 0. The van der Waals surface area contributed by atoms with E-state index in [-0.39, 0.29) is 5.91 Å². The number of carbonyl (C=O) groups is 1. The van der Waals surface area contributed by atoms with E-state index in [2.05, 4.69) is 20.7 Å². The Kier molecular flexibility index (Phi) is 5.56. The van der Waals surface area contributed by atoms with Gasteiger partial charge in [-0.15, -0.1) is 10.2 Å². The number of hydrogen-bond donors (Lipinski definition) is 1. The maximum absolute atomic E-state index is 12.6. The lowest BCUT2D eigenvalue weighted by Crippen LogP contribution is -2.39. The third kappa shape index (κ3) is 4.71. The molecule has 0 radical (unpaired) electrons. The zero-order valence-electron chi connectivity index (χ0n) is 15.6. The molecule has 1 N–H and O–H groups in total. The number of hydrogen-bond acceptors (Lipinski definition) is 4. The highest BCUT2D eigenvalue weighted by Gasteiger charge is 2.29. The molecule has 27 heavy (non-hydrogen) atoms. The molecule has 0 saturated carbocycles. The van der Waals surface area contributed by atoms with Gasteiger partial charge in [-0.05, 0) is 43.7 Å². The molecule has 1 heterocycles. The van der Waals surface area contributed by atoms with E-state index in [1.807, 2.05) is 63.2 Å². The van der Waals surface area contributed by atoms with Crippen molar-refractivity contribution in [2.24, 2.45) is 5.41 Å². The lowest BCUT2D eigenvalue weighted by molar-refractivity contribution is -0.130. The molecule has 0 aliphatic carbocycles. The summed E-state index contributed by atoms with van der Waals surface area (Å²) in [5, 5.41) is 16.2. The van der Waals surface area contributed by atoms with Crippen LogP contribution in [0.4, 0.5) is 0 Å². The summed E-state index contributed by atoms with van der Waals surface area (Å²) >= 11 is 6.14. The number of rotatable bonds is 6. The molecule has 1 aromatic heterocycles. The van der Waals surface area contributed by atoms with Crippen molar-refractivity contribution >= 4 is 17.5 Å². The van der Waals surface area contributed by atoms with E-state index >= 15 is 0 Å². The van der Waals surface area contributed by atoms with E-state index in [9.17, 15) is 4.79 Å². The summed E-state index contributed by atoms with van der Waals surface area (Å²) in [6.45, 7) is 6.41. The number of benzene rings is 2. The first-order chi connectivity index (χ1) is 12.8. The Morgan fingerprint density at radius 2 is 1.96 bits per heavy atom. The molecule has 0 unspecified atom stereocenters. The maximum Gasteiger partial charge on any atom is 0.227 e. The van der Waals surface area contributed by atoms with Crippen molar-refractivity contribution in [2.75, 3.05) is 0 Å². The second-order valence-corrected chi connectivity index (χ2v) is 7.58. The number of aryl methyl sites for hydroxylation is 1. The van der Waals surface area contributed by atoms with Gasteiger partial charge in [0.2, 0.25) is 11.7 Å². The lowest BCUT2D eigenvalue weighted by Gasteiger charge is -2.22. The third-order valence-corrected chi connectivity index (χ3v) is 4.65. The predicted molar refractivity (Wildman–Crippen MR) is 105 cm³/mol. The van der Waals surface area contributed by atoms with Gasteiger partial charge in [-0.25, -0.2) is 0 Å². The van der Waals surface area contributed by atoms with Crippen LogP contribution in [-0.4, -0.2) is 26.1 Å². The van der Waals surface area contributed by atoms with Crippen LogP contribution in [0, 0.1) is 12.3 Å². The molecule has 0 aliphatic heterocycles. The number of aromatic nitrogens is 4. The SMILES string of the molecule is Cc1cccc(-c2nnn(CC(C)(C)C(=O)NCc3ccccc3Cl)n2)c1. The van der Waals surface area contributed by atoms with E-state index in [0.717, 1.165) is 16.7 Å². The van der Waals surface area contributed by atoms with E-state index in [4.69, 9.17) is 11.6 Å². The zero-order valence-corrected chi connectivity index (χ0v) is 16.4. The summed E-state index contributed by atoms with van der Waals surface area (Å²) in [5.41, 5.74) is 2.21. The van der Waals surface area contributed by atoms with E-state index in [1.54, 1.807) is 6.07 Å². The van der Waals surface area contributed by atoms with Gasteiger partial charge in [0, 0.05) is 17.1 Å². The standard InChI is InChI=1S/C20H22ClN5O/c1-14-7-6-9-15(11-14)18-23-25-26(24-18)13-20(2,3)19(27)22-12-16-8-4-5-10-17(16)21/h4-11H,12-13H2,1-3H3,(H,22,27). The quantitative estimate of drug-likeness (QED) is 0.705. The van der Waals surface area contributed by atoms with Crippen molar-refractivity contribution in [3.05, 3.63) is 64.7 Å². The molecule has 140 valence electrons. The van der Waals surface area contributed by atoms with Crippen LogP contribution in [0.1, 0.15) is 25.0 Å². The van der Waals surface area contributed by atoms with Crippen LogP contribution < -0.4 is 5.32 Å². The van der Waals surface area contributed by atoms with Gasteiger partial charge in [-0.3, -0.25) is 4.79 Å². The van der Waals surface area contributed by atoms with Gasteiger partial charge in [0.1, 0.15) is 0 Å². The predicted octanol–water partition coefficient (Wildman–Crippen LogP) is 3.64. The van der Waals surface area contributed by atoms with Gasteiger partial charge in [-0.2, -0.15) is 4.80 Å². The van der Waals surface area contributed by atoms with Crippen LogP contribution in [0.15, 0.2) is 48.5 Å². The molecule has 0 fully saturated rings. The number of halogens is 1. The Balaban J connectivity index is 1.65. The molecule has 0 saturated heterocycles. The maximum atomic E-state index is 12.6. The van der Waals surface area contributed by atoms with Gasteiger partial charge < -0.3 is 5.32 Å². The van der Waals surface area contributed by atoms with Crippen LogP contribution >= 0.6 is 11.6 Å². The van der Waals surface area contributed by atoms with Gasteiger partial charge in [0.25, 0.3) is 0 Å². The normalized spacial score (nSPS) is 11.4. The highest BCUT2D eigenvalue weighted by Crippen LogP contribution is 2.20. The fraction of sp³-hybridized carbons (Fsp3) is 0.300. The molecule has 0 atom stereocenters. The lowest BCUT2D eigenvalue weighted by atomic mass is 9.92. The fourth-order valence-electron chi connectivity index (χ4n) is 2.69. The Morgan fingerprint density at radius 3 is 2.70 bits per heavy atom. The third-order valence-electron chi connectivity index (χ3n) is 4.28. The van der Waals surface area contributed by atoms with Crippen LogP contribution in [0.2, 0.25) is 5.02 Å². The van der Waals surface area contributed by atoms with Crippen LogP contribution in [0.3, 0.4) is 0 Å². The average molecular weight is 384 g/mol. The summed E-state index contributed by atoms with van der Waals surface area (Å²) in [4.78, 5) is 14.1. The Morgan fingerprint density at radius 1 is 1.19 bits per heavy atom. The minimum atomic E-state index is -0.703. The fourth-order valence-corrected chi connectivity index (χ4v) is 2.89. The first-order valence-corrected chi connectivity index (χ1v) is 9.09. The topological polar surface area (TPSA) is 72.7 Å². The summed E-state index contributed by atoms with van der Waals surface area (Å²) in [7, 11) is 0. The number of amides is 1. The minimum absolute atomic E-state index is 0.100. The molecular weight excluding hydrogens is 362 g/mol. The van der Waals surface area contributed by atoms with E-state index < -0.39 is 5.41 Å². The molecule has 0 aliphatic rings. The monoisotopic (exact) mass is 383 g/mol. The summed E-state index contributed by atoms with van der Waals surface area (Å²) in [6, 6.07) is 15.4. The Hall–Kier alpha value is -2.73. The highest BCUT2D eigenvalue weighted by atomic mass is 35.5. The molecule has 7 heteroatoms. The second kappa shape index (κ2) is 7.88. The number of nitrogens with zero attached hydrogens (tertiary/aromatic N) is 4. The molecule has 1 amide bonds. The number of tetrazole rings is 1. The molecule has 0 bridgehead atoms. The highest BCUT2D eigenvalue weighted by molar-refractivity contribution is 6.31. The molecule has 6 nitrogen and oxygen atoms in total. The van der Waals surface area contributed by atoms with Crippen LogP contribution in [0.5, 0.6) is 0 Å². The van der Waals surface area contributed by atoms with Crippen molar-refractivity contribution in [2.45, 2.75) is 33.9 Å².